The maximum Gasteiger partial charge on any atom is 0.293 e. The van der Waals surface area contributed by atoms with Crippen LogP contribution in [0.15, 0.2) is 102 Å². The Morgan fingerprint density at radius 2 is 1.75 bits per heavy atom. The van der Waals surface area contributed by atoms with Crippen LogP contribution in [0.5, 0.6) is 23.0 Å². The van der Waals surface area contributed by atoms with Crippen molar-refractivity contribution in [2.45, 2.75) is 113 Å². The van der Waals surface area contributed by atoms with Crippen molar-refractivity contribution >= 4 is 44.0 Å². The molecule has 2 aliphatic heterocycles. The third-order valence-corrected chi connectivity index (χ3v) is 17.8. The lowest BCUT2D eigenvalue weighted by Crippen LogP contribution is -2.68. The number of pyridine rings is 1. The molecule has 4 aromatic carbocycles. The highest BCUT2D eigenvalue weighted by atomic mass is 32.2. The fraction of sp³-hybridized carbons (Fsp3) is 0.448. The maximum atomic E-state index is 14.7. The number of piperazine rings is 1. The smallest absolute Gasteiger partial charge is 0.293 e. The molecule has 3 saturated carbocycles. The van der Waals surface area contributed by atoms with E-state index < -0.39 is 42.9 Å². The SMILES string of the molecule is COc1cc(CN2CCN(C3CC4(C3)CN(c3ccc(C(=O)NS(=O)(=O)c5ccc(NC[C@H]6CC[C@](C)(O)CC6)c([N+](=O)[O-])c5)c(Oc5cnc6[nH]cc(F)c6c5)c3)C4)[C@H](c3ccccc3C(C)C)C2)ccc1OC1CC1. The summed E-state index contributed by atoms with van der Waals surface area (Å²) in [5.74, 6) is 0.679. The molecule has 1 spiro atoms. The van der Waals surface area contributed by atoms with E-state index in [1.54, 1.807) is 26.2 Å². The minimum absolute atomic E-state index is 0.0139. The van der Waals surface area contributed by atoms with Crippen LogP contribution in [0.25, 0.3) is 11.0 Å². The van der Waals surface area contributed by atoms with Crippen LogP contribution in [-0.2, 0) is 16.6 Å². The van der Waals surface area contributed by atoms with Gasteiger partial charge in [0.2, 0.25) is 0 Å². The van der Waals surface area contributed by atoms with Crippen LogP contribution in [-0.4, -0.2) is 108 Å². The molecule has 5 fully saturated rings. The summed E-state index contributed by atoms with van der Waals surface area (Å²) in [5, 5.41) is 25.9. The summed E-state index contributed by atoms with van der Waals surface area (Å²) in [4.78, 5) is 39.8. The molecule has 11 rings (SSSR count). The molecule has 0 radical (unpaired) electrons. The van der Waals surface area contributed by atoms with Crippen LogP contribution >= 0.6 is 0 Å². The van der Waals surface area contributed by atoms with Crippen LogP contribution < -0.4 is 29.1 Å². The number of sulfonamides is 1. The standard InChI is InChI=1S/C58H67FN8O9S/c1-36(2)44-7-5-6-8-45(44)51-33-64(32-38-9-16-52(54(23-38)74-4)75-41-11-12-41)21-22-66(51)40-27-58(28-40)34-65(35-58)39-10-14-46(53(24-39)76-42-25-47-48(59)31-62-55(47)61-30-42)56(68)63-77(72,73)43-13-15-49(50(26-43)67(70)71)60-29-37-17-19-57(3,69)20-18-37/h5-10,13-16,23-26,30-31,36-37,40-41,51,60,69H,11-12,17-22,27-29,32-35H2,1-4H3,(H,61,62)(H,63,68)/t37-,51-,57-/m0/s1. The Hall–Kier alpha value is -6.80. The molecule has 2 saturated heterocycles. The van der Waals surface area contributed by atoms with E-state index in [0.717, 1.165) is 101 Å². The number of halogens is 1. The normalized spacial score (nSPS) is 21.9. The first-order chi connectivity index (χ1) is 36.9. The quantitative estimate of drug-likeness (QED) is 0.0467. The number of anilines is 2. The summed E-state index contributed by atoms with van der Waals surface area (Å²) in [6, 6.07) is 25.6. The predicted octanol–water partition coefficient (Wildman–Crippen LogP) is 10.1. The minimum Gasteiger partial charge on any atom is -0.493 e. The Bertz CT molecular complexity index is 3310. The molecule has 0 bridgehead atoms. The molecule has 6 aromatic rings. The van der Waals surface area contributed by atoms with Gasteiger partial charge in [-0.1, -0.05) is 44.2 Å². The first kappa shape index (κ1) is 52.3. The van der Waals surface area contributed by atoms with Crippen LogP contribution in [0.2, 0.25) is 0 Å². The number of hydrogen-bond acceptors (Lipinski definition) is 14. The molecule has 1 amide bonds. The Labute approximate surface area is 448 Å². The van der Waals surface area contributed by atoms with Crippen molar-refractivity contribution in [2.75, 3.05) is 56.6 Å². The van der Waals surface area contributed by atoms with Crippen molar-refractivity contribution < 1.29 is 41.8 Å². The lowest BCUT2D eigenvalue weighted by atomic mass is 9.59. The summed E-state index contributed by atoms with van der Waals surface area (Å²) in [6.07, 6.45) is 9.79. The second-order valence-electron chi connectivity index (χ2n) is 22.7. The van der Waals surface area contributed by atoms with Gasteiger partial charge in [0.1, 0.15) is 28.7 Å². The molecule has 17 nitrogen and oxygen atoms in total. The van der Waals surface area contributed by atoms with Crippen molar-refractivity contribution in [1.29, 1.82) is 0 Å². The van der Waals surface area contributed by atoms with E-state index in [0.29, 0.717) is 37.0 Å². The van der Waals surface area contributed by atoms with Crippen molar-refractivity contribution in [1.82, 2.24) is 24.5 Å². The number of carbonyl (C=O) groups excluding carboxylic acids is 1. The first-order valence-corrected chi connectivity index (χ1v) is 28.3. The monoisotopic (exact) mass is 1070 g/mol. The number of nitro benzene ring substituents is 1. The molecule has 1 atom stereocenters. The number of H-pyrrole nitrogens is 1. The van der Waals surface area contributed by atoms with Crippen LogP contribution in [0, 0.1) is 27.3 Å². The van der Waals surface area contributed by atoms with Crippen molar-refractivity contribution in [3.63, 3.8) is 0 Å². The molecule has 19 heteroatoms. The average Bonchev–Trinajstić information content (AvgIpc) is 4.18. The number of ether oxygens (including phenoxy) is 3. The minimum atomic E-state index is -4.65. The van der Waals surface area contributed by atoms with E-state index in [1.807, 2.05) is 6.07 Å². The fourth-order valence-corrected chi connectivity index (χ4v) is 13.0. The van der Waals surface area contributed by atoms with E-state index in [-0.39, 0.29) is 51.6 Å². The number of rotatable bonds is 18. The van der Waals surface area contributed by atoms with Gasteiger partial charge in [-0.05, 0) is 129 Å². The fourth-order valence-electron chi connectivity index (χ4n) is 12.0. The van der Waals surface area contributed by atoms with Gasteiger partial charge >= 0.3 is 0 Å². The van der Waals surface area contributed by atoms with Gasteiger partial charge in [0.25, 0.3) is 21.6 Å². The number of nitrogens with one attached hydrogen (secondary N) is 3. The molecule has 77 heavy (non-hydrogen) atoms. The predicted molar refractivity (Wildman–Crippen MR) is 291 cm³/mol. The van der Waals surface area contributed by atoms with Crippen molar-refractivity contribution in [2.24, 2.45) is 11.3 Å². The third kappa shape index (κ3) is 11.2. The number of fused-ring (bicyclic) bond motifs is 1. The second-order valence-corrected chi connectivity index (χ2v) is 24.4. The lowest BCUT2D eigenvalue weighted by Gasteiger charge is -2.63. The number of aromatic amines is 1. The van der Waals surface area contributed by atoms with E-state index in [9.17, 15) is 32.8 Å². The highest BCUT2D eigenvalue weighted by Crippen LogP contribution is 2.54. The largest absolute Gasteiger partial charge is 0.493 e. The highest BCUT2D eigenvalue weighted by Gasteiger charge is 2.55. The molecule has 4 heterocycles. The first-order valence-electron chi connectivity index (χ1n) is 26.8. The molecule has 5 aliphatic rings. The van der Waals surface area contributed by atoms with E-state index in [4.69, 9.17) is 14.2 Å². The van der Waals surface area contributed by atoms with Gasteiger partial charge in [-0.15, -0.1) is 0 Å². The van der Waals surface area contributed by atoms with Gasteiger partial charge in [-0.3, -0.25) is 24.7 Å². The molecular formula is C58H67FN8O9S. The van der Waals surface area contributed by atoms with Crippen molar-refractivity contribution in [3.8, 4) is 23.0 Å². The number of nitro groups is 1. The van der Waals surface area contributed by atoms with Gasteiger partial charge in [0, 0.05) is 87.3 Å². The lowest BCUT2D eigenvalue weighted by molar-refractivity contribution is -0.384. The summed E-state index contributed by atoms with van der Waals surface area (Å²) >= 11 is 0. The molecule has 3 aliphatic carbocycles. The number of hydrogen-bond donors (Lipinski definition) is 4. The number of aromatic nitrogens is 2. The maximum absolute atomic E-state index is 14.7. The van der Waals surface area contributed by atoms with Crippen LogP contribution in [0.3, 0.4) is 0 Å². The van der Waals surface area contributed by atoms with Crippen LogP contribution in [0.4, 0.5) is 21.5 Å². The molecule has 0 unspecified atom stereocenters. The highest BCUT2D eigenvalue weighted by molar-refractivity contribution is 7.90. The van der Waals surface area contributed by atoms with Gasteiger partial charge in [0.15, 0.2) is 11.5 Å². The van der Waals surface area contributed by atoms with Gasteiger partial charge < -0.3 is 34.5 Å². The van der Waals surface area contributed by atoms with E-state index >= 15 is 0 Å². The molecule has 406 valence electrons. The zero-order valence-corrected chi connectivity index (χ0v) is 44.8. The number of amides is 1. The Morgan fingerprint density at radius 1 is 0.974 bits per heavy atom. The van der Waals surface area contributed by atoms with Gasteiger partial charge in [-0.2, -0.15) is 0 Å². The second kappa shape index (κ2) is 20.9. The number of methoxy groups -OCH3 is 1. The van der Waals surface area contributed by atoms with E-state index in [2.05, 4.69) is 85.0 Å². The number of aliphatic hydroxyl groups is 1. The Morgan fingerprint density at radius 3 is 2.49 bits per heavy atom. The number of nitrogens with zero attached hydrogens (tertiary/aromatic N) is 5. The topological polar surface area (TPSA) is 205 Å². The van der Waals surface area contributed by atoms with E-state index in [1.165, 1.54) is 53.3 Å². The summed E-state index contributed by atoms with van der Waals surface area (Å²) in [7, 11) is -2.95. The Kier molecular flexibility index (Phi) is 14.2. The number of carbonyl (C=O) groups is 1. The summed E-state index contributed by atoms with van der Waals surface area (Å²) < 4.78 is 62.7. The zero-order chi connectivity index (χ0) is 53.8. The Balaban J connectivity index is 0.789. The molecule has 4 N–H and O–H groups in total. The third-order valence-electron chi connectivity index (χ3n) is 16.5. The van der Waals surface area contributed by atoms with Gasteiger partial charge in [0.05, 0.1) is 45.8 Å². The molecule has 2 aromatic heterocycles. The number of benzene rings is 4. The average molecular weight is 1070 g/mol. The van der Waals surface area contributed by atoms with Gasteiger partial charge in [-0.25, -0.2) is 22.5 Å². The summed E-state index contributed by atoms with van der Waals surface area (Å²) in [5.41, 5.74) is 3.90. The van der Waals surface area contributed by atoms with Crippen LogP contribution in [0.1, 0.15) is 111 Å². The van der Waals surface area contributed by atoms with Crippen molar-refractivity contribution in [3.05, 3.63) is 136 Å². The zero-order valence-electron chi connectivity index (χ0n) is 44.0. The molecular weight excluding hydrogens is 1000 g/mol. The summed E-state index contributed by atoms with van der Waals surface area (Å²) in [6.45, 7) is 11.8.